The lowest BCUT2D eigenvalue weighted by Gasteiger charge is -2.22. The van der Waals surface area contributed by atoms with Gasteiger partial charge in [0.2, 0.25) is 0 Å². The maximum Gasteiger partial charge on any atom is 0.320 e. The molecule has 0 saturated carbocycles. The number of aliphatic hydroxyl groups is 2. The van der Waals surface area contributed by atoms with Gasteiger partial charge in [0, 0.05) is 20.9 Å². The average molecular weight is 331 g/mol. The molecule has 2 N–H and O–H groups in total. The van der Waals surface area contributed by atoms with E-state index in [0.29, 0.717) is 11.1 Å². The zero-order valence-electron chi connectivity index (χ0n) is 12.5. The number of nitrogens with zero attached hydrogens (tertiary/aromatic N) is 1. The lowest BCUT2D eigenvalue weighted by Crippen LogP contribution is -2.32. The number of esters is 1. The number of aliphatic hydroxyl groups excluding tert-OH is 2. The molecule has 0 saturated heterocycles. The van der Waals surface area contributed by atoms with Crippen LogP contribution < -0.4 is 0 Å². The van der Waals surface area contributed by atoms with Crippen LogP contribution in [0.1, 0.15) is 23.6 Å². The fourth-order valence-corrected chi connectivity index (χ4v) is 3.46. The first kappa shape index (κ1) is 16.0. The fraction of sp³-hybridized carbons (Fsp3) is 0.235. The van der Waals surface area contributed by atoms with Gasteiger partial charge in [-0.05, 0) is 24.3 Å². The van der Waals surface area contributed by atoms with Crippen molar-refractivity contribution in [2.24, 2.45) is 0 Å². The van der Waals surface area contributed by atoms with Crippen molar-refractivity contribution in [3.8, 4) is 0 Å². The summed E-state index contributed by atoms with van der Waals surface area (Å²) in [6.45, 7) is -0.172. The van der Waals surface area contributed by atoms with Crippen molar-refractivity contribution in [3.63, 3.8) is 0 Å². The highest BCUT2D eigenvalue weighted by atomic mass is 32.2. The van der Waals surface area contributed by atoms with Gasteiger partial charge in [-0.15, -0.1) is 0 Å². The van der Waals surface area contributed by atoms with Crippen molar-refractivity contribution < 1.29 is 19.7 Å². The van der Waals surface area contributed by atoms with Crippen LogP contribution >= 0.6 is 11.8 Å². The van der Waals surface area contributed by atoms with E-state index < -0.39 is 18.4 Å². The molecule has 0 amide bonds. The number of carbonyl (C=O) groups excluding carboxylic acids is 1. The molecule has 0 aromatic heterocycles. The molecule has 2 unspecified atom stereocenters. The normalized spacial score (nSPS) is 20.3. The number of ether oxygens (including phenoxy) is 1. The summed E-state index contributed by atoms with van der Waals surface area (Å²) in [6.07, 6.45) is -2.05. The molecule has 1 aliphatic heterocycles. The summed E-state index contributed by atoms with van der Waals surface area (Å²) < 4.78 is 4.60. The first-order chi connectivity index (χ1) is 11.1. The Hall–Kier alpha value is -1.86. The number of hydrogen-bond donors (Lipinski definition) is 2. The average Bonchev–Trinajstić information content (AvgIpc) is 2.80. The first-order valence-electron chi connectivity index (χ1n) is 7.15. The molecular weight excluding hydrogens is 314 g/mol. The fourth-order valence-electron chi connectivity index (χ4n) is 2.58. The third kappa shape index (κ3) is 3.25. The smallest absolute Gasteiger partial charge is 0.320 e. The van der Waals surface area contributed by atoms with Crippen LogP contribution in [0.2, 0.25) is 0 Å². The Labute approximate surface area is 138 Å². The van der Waals surface area contributed by atoms with Gasteiger partial charge < -0.3 is 14.9 Å². The van der Waals surface area contributed by atoms with Gasteiger partial charge >= 0.3 is 5.97 Å². The van der Waals surface area contributed by atoms with E-state index in [-0.39, 0.29) is 6.54 Å². The summed E-state index contributed by atoms with van der Waals surface area (Å²) in [5.74, 6) is -0.505. The van der Waals surface area contributed by atoms with Crippen molar-refractivity contribution >= 4 is 17.7 Å². The molecule has 1 aliphatic rings. The zero-order chi connectivity index (χ0) is 16.4. The molecule has 2 aromatic rings. The van der Waals surface area contributed by atoms with Gasteiger partial charge in [-0.2, -0.15) is 0 Å². The van der Waals surface area contributed by atoms with Crippen molar-refractivity contribution in [1.29, 1.82) is 0 Å². The maximum atomic E-state index is 11.4. The number of hydrogen-bond acceptors (Lipinski definition) is 6. The second-order valence-corrected chi connectivity index (χ2v) is 6.35. The second-order valence-electron chi connectivity index (χ2n) is 5.20. The number of carbonyl (C=O) groups is 1. The van der Waals surface area contributed by atoms with Crippen LogP contribution in [0.15, 0.2) is 58.3 Å². The van der Waals surface area contributed by atoms with Crippen LogP contribution in [0.4, 0.5) is 0 Å². The van der Waals surface area contributed by atoms with E-state index in [1.54, 1.807) is 17.8 Å². The number of benzene rings is 2. The highest BCUT2D eigenvalue weighted by Crippen LogP contribution is 2.41. The lowest BCUT2D eigenvalue weighted by molar-refractivity contribution is -0.152. The van der Waals surface area contributed by atoms with Crippen LogP contribution in [0.5, 0.6) is 0 Å². The maximum absolute atomic E-state index is 11.4. The predicted molar refractivity (Wildman–Crippen MR) is 85.6 cm³/mol. The first-order valence-corrected chi connectivity index (χ1v) is 7.97. The van der Waals surface area contributed by atoms with Crippen molar-refractivity contribution in [2.75, 3.05) is 13.7 Å². The van der Waals surface area contributed by atoms with Gasteiger partial charge in [0.25, 0.3) is 0 Å². The third-order valence-electron chi connectivity index (χ3n) is 3.76. The Balaban J connectivity index is 1.83. The molecule has 3 rings (SSSR count). The van der Waals surface area contributed by atoms with Crippen LogP contribution in [0.25, 0.3) is 0 Å². The number of methoxy groups -OCH3 is 1. The van der Waals surface area contributed by atoms with Crippen LogP contribution in [-0.4, -0.2) is 34.7 Å². The molecule has 120 valence electrons. The number of rotatable bonds is 4. The third-order valence-corrected chi connectivity index (χ3v) is 4.76. The molecule has 5 nitrogen and oxygen atoms in total. The van der Waals surface area contributed by atoms with Gasteiger partial charge in [-0.25, -0.2) is 4.90 Å². The SMILES string of the molecule is COC(=O)CN1C(O)c2ccc(Sc3ccccc3)cc2C1O. The Morgan fingerprint density at radius 1 is 1.09 bits per heavy atom. The molecule has 2 aromatic carbocycles. The minimum Gasteiger partial charge on any atom is -0.468 e. The molecule has 23 heavy (non-hydrogen) atoms. The van der Waals surface area contributed by atoms with E-state index >= 15 is 0 Å². The summed E-state index contributed by atoms with van der Waals surface area (Å²) in [4.78, 5) is 14.8. The predicted octanol–water partition coefficient (Wildman–Crippen LogP) is 2.31. The molecule has 0 spiro atoms. The van der Waals surface area contributed by atoms with E-state index in [2.05, 4.69) is 4.74 Å². The minimum atomic E-state index is -1.03. The molecule has 1 heterocycles. The van der Waals surface area contributed by atoms with E-state index in [1.165, 1.54) is 12.0 Å². The highest BCUT2D eigenvalue weighted by Gasteiger charge is 2.37. The van der Waals surface area contributed by atoms with Crippen molar-refractivity contribution in [3.05, 3.63) is 59.7 Å². The largest absolute Gasteiger partial charge is 0.468 e. The molecule has 0 radical (unpaired) electrons. The van der Waals surface area contributed by atoms with Crippen LogP contribution in [0.3, 0.4) is 0 Å². The monoisotopic (exact) mass is 331 g/mol. The standard InChI is InChI=1S/C17H17NO4S/c1-22-15(19)10-18-16(20)13-8-7-12(9-14(13)17(18)21)23-11-5-3-2-4-6-11/h2-9,16-17,20-21H,10H2,1H3. The molecule has 2 atom stereocenters. The van der Waals surface area contributed by atoms with Gasteiger partial charge in [-0.3, -0.25) is 4.79 Å². The van der Waals surface area contributed by atoms with Crippen LogP contribution in [0, 0.1) is 0 Å². The minimum absolute atomic E-state index is 0.172. The van der Waals surface area contributed by atoms with Gasteiger partial charge in [0.15, 0.2) is 0 Å². The number of fused-ring (bicyclic) bond motifs is 1. The van der Waals surface area contributed by atoms with Crippen molar-refractivity contribution in [1.82, 2.24) is 4.90 Å². The topological polar surface area (TPSA) is 70.0 Å². The Morgan fingerprint density at radius 3 is 2.48 bits per heavy atom. The summed E-state index contributed by atoms with van der Waals surface area (Å²) in [5.41, 5.74) is 1.22. The van der Waals surface area contributed by atoms with E-state index in [4.69, 9.17) is 0 Å². The molecule has 6 heteroatoms. The zero-order valence-corrected chi connectivity index (χ0v) is 13.4. The lowest BCUT2D eigenvalue weighted by atomic mass is 10.1. The van der Waals surface area contributed by atoms with E-state index in [1.807, 2.05) is 42.5 Å². The Bertz CT molecular complexity index is 707. The Kier molecular flexibility index (Phi) is 4.68. The summed E-state index contributed by atoms with van der Waals surface area (Å²) in [6, 6.07) is 15.4. The van der Waals surface area contributed by atoms with Crippen LogP contribution in [-0.2, 0) is 9.53 Å². The molecule has 0 fully saturated rings. The van der Waals surface area contributed by atoms with Gasteiger partial charge in [0.05, 0.1) is 7.11 Å². The molecule has 0 aliphatic carbocycles. The molecule has 0 bridgehead atoms. The summed E-state index contributed by atoms with van der Waals surface area (Å²) in [5, 5.41) is 20.7. The summed E-state index contributed by atoms with van der Waals surface area (Å²) >= 11 is 1.57. The van der Waals surface area contributed by atoms with Crippen molar-refractivity contribution in [2.45, 2.75) is 22.2 Å². The van der Waals surface area contributed by atoms with Gasteiger partial charge in [-0.1, -0.05) is 36.0 Å². The second kappa shape index (κ2) is 6.72. The highest BCUT2D eigenvalue weighted by molar-refractivity contribution is 7.99. The van der Waals surface area contributed by atoms with E-state index in [0.717, 1.165) is 9.79 Å². The van der Waals surface area contributed by atoms with Gasteiger partial charge in [0.1, 0.15) is 19.0 Å². The van der Waals surface area contributed by atoms with E-state index in [9.17, 15) is 15.0 Å². The Morgan fingerprint density at radius 2 is 1.78 bits per heavy atom. The molecular formula is C17H17NO4S. The summed E-state index contributed by atoms with van der Waals surface area (Å²) in [7, 11) is 1.28. The quantitative estimate of drug-likeness (QED) is 0.838.